The maximum absolute atomic E-state index is 4.43. The van der Waals surface area contributed by atoms with Crippen molar-refractivity contribution in [3.05, 3.63) is 83.4 Å². The zero-order chi connectivity index (χ0) is 22.0. The molecule has 2 heterocycles. The van der Waals surface area contributed by atoms with E-state index in [1.54, 1.807) is 0 Å². The molecule has 0 amide bonds. The molecule has 2 aromatic carbocycles. The van der Waals surface area contributed by atoms with Gasteiger partial charge in [0.1, 0.15) is 11.6 Å². The van der Waals surface area contributed by atoms with Crippen LogP contribution in [0.5, 0.6) is 0 Å². The van der Waals surface area contributed by atoms with Gasteiger partial charge in [0, 0.05) is 45.4 Å². The molecule has 1 aliphatic rings. The first-order valence-corrected chi connectivity index (χ1v) is 11.8. The number of benzene rings is 2. The van der Waals surface area contributed by atoms with E-state index < -0.39 is 0 Å². The number of hydrogen-bond acceptors (Lipinski definition) is 3. The average Bonchev–Trinajstić information content (AvgIpc) is 3.07. The fourth-order valence-electron chi connectivity index (χ4n) is 4.47. The predicted octanol–water partition coefficient (Wildman–Crippen LogP) is 3.93. The molecule has 2 N–H and O–H groups in total. The number of nitrogens with one attached hydrogen (secondary N) is 2. The highest BCUT2D eigenvalue weighted by molar-refractivity contribution is 5.79. The average molecular weight is 431 g/mol. The quantitative estimate of drug-likeness (QED) is 0.420. The van der Waals surface area contributed by atoms with Crippen LogP contribution < -0.4 is 10.6 Å². The second-order valence-corrected chi connectivity index (χ2v) is 8.33. The second kappa shape index (κ2) is 11.5. The van der Waals surface area contributed by atoms with E-state index in [2.05, 4.69) is 91.1 Å². The van der Waals surface area contributed by atoms with E-state index in [0.29, 0.717) is 5.92 Å². The topological polar surface area (TPSA) is 67.1 Å². The van der Waals surface area contributed by atoms with Gasteiger partial charge >= 0.3 is 0 Å². The normalized spacial score (nSPS) is 14.1. The number of rotatable bonds is 8. The highest BCUT2D eigenvalue weighted by Crippen LogP contribution is 2.27. The first-order chi connectivity index (χ1) is 15.8. The van der Waals surface area contributed by atoms with Crippen LogP contribution in [0.1, 0.15) is 54.4 Å². The minimum absolute atomic E-state index is 0.356. The van der Waals surface area contributed by atoms with Crippen molar-refractivity contribution in [2.45, 2.75) is 51.0 Å². The summed E-state index contributed by atoms with van der Waals surface area (Å²) in [6.07, 6.45) is 6.62. The lowest BCUT2D eigenvalue weighted by Crippen LogP contribution is -2.39. The number of guanidine groups is 1. The fraction of sp³-hybridized carbons (Fsp3) is 0.423. The van der Waals surface area contributed by atoms with Crippen LogP contribution >= 0.6 is 0 Å². The molecule has 168 valence electrons. The van der Waals surface area contributed by atoms with Gasteiger partial charge in [-0.05, 0) is 30.4 Å². The van der Waals surface area contributed by atoms with Gasteiger partial charge in [0.15, 0.2) is 5.96 Å². The number of fused-ring (bicyclic) bond motifs is 1. The third-order valence-corrected chi connectivity index (χ3v) is 6.18. The minimum atomic E-state index is 0.356. The van der Waals surface area contributed by atoms with E-state index in [1.807, 2.05) is 7.05 Å². The van der Waals surface area contributed by atoms with Gasteiger partial charge < -0.3 is 15.2 Å². The van der Waals surface area contributed by atoms with Crippen molar-refractivity contribution in [1.82, 2.24) is 25.4 Å². The molecule has 0 spiro atoms. The van der Waals surface area contributed by atoms with Crippen molar-refractivity contribution >= 4 is 5.96 Å². The summed E-state index contributed by atoms with van der Waals surface area (Å²) in [4.78, 5) is 4.40. The van der Waals surface area contributed by atoms with E-state index in [-0.39, 0.29) is 0 Å². The van der Waals surface area contributed by atoms with Crippen LogP contribution in [0.2, 0.25) is 0 Å². The lowest BCUT2D eigenvalue weighted by atomic mass is 9.88. The van der Waals surface area contributed by atoms with Crippen LogP contribution in [0.15, 0.2) is 65.7 Å². The van der Waals surface area contributed by atoms with Gasteiger partial charge in [0.05, 0.1) is 0 Å². The third kappa shape index (κ3) is 5.75. The molecule has 0 fully saturated rings. The fourth-order valence-corrected chi connectivity index (χ4v) is 4.47. The van der Waals surface area contributed by atoms with Crippen LogP contribution in [-0.2, 0) is 19.4 Å². The van der Waals surface area contributed by atoms with Gasteiger partial charge in [-0.15, -0.1) is 10.2 Å². The first-order valence-electron chi connectivity index (χ1n) is 11.8. The maximum atomic E-state index is 4.43. The van der Waals surface area contributed by atoms with Crippen LogP contribution in [0.4, 0.5) is 0 Å². The SMILES string of the molecule is CN=C(NCCc1nnc2n1CCCCC2)NCCC(c1ccccc1)c1ccccc1. The highest BCUT2D eigenvalue weighted by Gasteiger charge is 2.15. The predicted molar refractivity (Wildman–Crippen MR) is 130 cm³/mol. The van der Waals surface area contributed by atoms with Gasteiger partial charge in [-0.1, -0.05) is 67.1 Å². The summed E-state index contributed by atoms with van der Waals surface area (Å²) in [5, 5.41) is 15.8. The monoisotopic (exact) mass is 430 g/mol. The van der Waals surface area contributed by atoms with Crippen molar-refractivity contribution in [2.75, 3.05) is 20.1 Å². The van der Waals surface area contributed by atoms with Gasteiger partial charge in [-0.2, -0.15) is 0 Å². The lowest BCUT2D eigenvalue weighted by Gasteiger charge is -2.19. The molecular formula is C26H34N6. The summed E-state index contributed by atoms with van der Waals surface area (Å²) < 4.78 is 2.31. The minimum Gasteiger partial charge on any atom is -0.356 e. The largest absolute Gasteiger partial charge is 0.356 e. The Morgan fingerprint density at radius 3 is 2.28 bits per heavy atom. The Balaban J connectivity index is 1.29. The Morgan fingerprint density at radius 2 is 1.59 bits per heavy atom. The van der Waals surface area contributed by atoms with Gasteiger partial charge in [0.2, 0.25) is 0 Å². The van der Waals surface area contributed by atoms with Crippen molar-refractivity contribution in [1.29, 1.82) is 0 Å². The first kappa shape index (κ1) is 22.1. The molecule has 6 heteroatoms. The Labute approximate surface area is 191 Å². The Bertz CT molecular complexity index is 941. The molecule has 0 saturated heterocycles. The van der Waals surface area contributed by atoms with E-state index in [0.717, 1.165) is 56.5 Å². The van der Waals surface area contributed by atoms with Crippen molar-refractivity contribution in [3.8, 4) is 0 Å². The summed E-state index contributed by atoms with van der Waals surface area (Å²) >= 11 is 0. The number of aromatic nitrogens is 3. The van der Waals surface area contributed by atoms with Crippen molar-refractivity contribution < 1.29 is 0 Å². The Morgan fingerprint density at radius 1 is 0.906 bits per heavy atom. The van der Waals surface area contributed by atoms with Crippen LogP contribution in [0.3, 0.4) is 0 Å². The lowest BCUT2D eigenvalue weighted by molar-refractivity contribution is 0.599. The molecule has 4 rings (SSSR count). The van der Waals surface area contributed by atoms with Gasteiger partial charge in [-0.25, -0.2) is 0 Å². The second-order valence-electron chi connectivity index (χ2n) is 8.33. The molecule has 0 atom stereocenters. The zero-order valence-corrected chi connectivity index (χ0v) is 19.0. The molecule has 3 aromatic rings. The molecule has 0 unspecified atom stereocenters. The number of aliphatic imine (C=N–C) groups is 1. The Kier molecular flexibility index (Phi) is 7.90. The summed E-state index contributed by atoms with van der Waals surface area (Å²) in [7, 11) is 1.82. The molecule has 1 aromatic heterocycles. The van der Waals surface area contributed by atoms with E-state index >= 15 is 0 Å². The van der Waals surface area contributed by atoms with Gasteiger partial charge in [0.25, 0.3) is 0 Å². The van der Waals surface area contributed by atoms with Crippen molar-refractivity contribution in [2.24, 2.45) is 4.99 Å². The molecular weight excluding hydrogens is 396 g/mol. The molecule has 0 radical (unpaired) electrons. The molecule has 0 aliphatic carbocycles. The molecule has 1 aliphatic heterocycles. The van der Waals surface area contributed by atoms with Crippen molar-refractivity contribution in [3.63, 3.8) is 0 Å². The highest BCUT2D eigenvalue weighted by atomic mass is 15.3. The number of nitrogens with zero attached hydrogens (tertiary/aromatic N) is 4. The van der Waals surface area contributed by atoms with E-state index in [1.165, 1.54) is 30.4 Å². The third-order valence-electron chi connectivity index (χ3n) is 6.18. The van der Waals surface area contributed by atoms with Gasteiger partial charge in [-0.3, -0.25) is 4.99 Å². The maximum Gasteiger partial charge on any atom is 0.190 e. The molecule has 0 saturated carbocycles. The molecule has 6 nitrogen and oxygen atoms in total. The van der Waals surface area contributed by atoms with Crippen LogP contribution in [-0.4, -0.2) is 40.9 Å². The summed E-state index contributed by atoms with van der Waals surface area (Å²) in [5.41, 5.74) is 2.69. The molecule has 32 heavy (non-hydrogen) atoms. The summed E-state index contributed by atoms with van der Waals surface area (Å²) in [5.74, 6) is 3.42. The standard InChI is InChI=1S/C26H34N6/c1-27-26(29-19-17-25-31-30-24-15-9-4-10-20-32(24)25)28-18-16-23(21-11-5-2-6-12-21)22-13-7-3-8-14-22/h2-3,5-8,11-14,23H,4,9-10,15-20H2,1H3,(H2,27,28,29). The van der Waals surface area contributed by atoms with E-state index in [4.69, 9.17) is 0 Å². The smallest absolute Gasteiger partial charge is 0.190 e. The molecule has 0 bridgehead atoms. The zero-order valence-electron chi connectivity index (χ0n) is 19.0. The number of aryl methyl sites for hydroxylation is 1. The van der Waals surface area contributed by atoms with Crippen LogP contribution in [0.25, 0.3) is 0 Å². The summed E-state index contributed by atoms with van der Waals surface area (Å²) in [6, 6.07) is 21.5. The van der Waals surface area contributed by atoms with Crippen LogP contribution in [0, 0.1) is 0 Å². The van der Waals surface area contributed by atoms with E-state index in [9.17, 15) is 0 Å². The Hall–Kier alpha value is -3.15. The number of hydrogen-bond donors (Lipinski definition) is 2. The summed E-state index contributed by atoms with van der Waals surface area (Å²) in [6.45, 7) is 2.68.